The Hall–Kier alpha value is -4.28. The zero-order chi connectivity index (χ0) is 30.0. The van der Waals surface area contributed by atoms with Crippen molar-refractivity contribution >= 4 is 55.8 Å². The molecule has 0 bridgehead atoms. The maximum Gasteiger partial charge on any atom is 0.350 e. The van der Waals surface area contributed by atoms with Crippen molar-refractivity contribution < 1.29 is 29.0 Å². The van der Waals surface area contributed by atoms with Crippen LogP contribution < -0.4 is 9.64 Å². The van der Waals surface area contributed by atoms with Crippen molar-refractivity contribution in [3.63, 3.8) is 0 Å². The second kappa shape index (κ2) is 12.3. The van der Waals surface area contributed by atoms with Gasteiger partial charge in [-0.25, -0.2) is 9.78 Å². The average Bonchev–Trinajstić information content (AvgIpc) is 3.49. The molecule has 1 N–H and O–H groups in total. The van der Waals surface area contributed by atoms with Gasteiger partial charge in [-0.3, -0.25) is 14.5 Å². The van der Waals surface area contributed by atoms with Gasteiger partial charge in [-0.2, -0.15) is 0 Å². The molecule has 0 radical (unpaired) electrons. The molecule has 1 aromatic heterocycles. The number of benzene rings is 3. The molecule has 42 heavy (non-hydrogen) atoms. The summed E-state index contributed by atoms with van der Waals surface area (Å²) in [6, 6.07) is 20.7. The van der Waals surface area contributed by atoms with E-state index in [0.29, 0.717) is 29.2 Å². The monoisotopic (exact) mass is 646 g/mol. The van der Waals surface area contributed by atoms with E-state index >= 15 is 0 Å². The molecule has 4 aromatic rings. The standard InChI is InChI=1S/C32H27BrN2O6S/c1-4-40-31(39)29-19(3)34-32(42-29)35-26(20-9-13-23(33)14-10-20)25(28(37)30(35)38)27(36)21-11-15-24(16-12-21)41-17-22-8-6-5-7-18(22)2/h5-16,26,36H,4,17H2,1-3H3. The summed E-state index contributed by atoms with van der Waals surface area (Å²) in [6.07, 6.45) is 0. The van der Waals surface area contributed by atoms with E-state index in [1.165, 1.54) is 4.90 Å². The first-order chi connectivity index (χ1) is 20.2. The van der Waals surface area contributed by atoms with Crippen LogP contribution in [0.5, 0.6) is 5.75 Å². The van der Waals surface area contributed by atoms with E-state index in [1.807, 2.05) is 31.2 Å². The van der Waals surface area contributed by atoms with E-state index < -0.39 is 23.7 Å². The molecule has 1 amide bonds. The predicted molar refractivity (Wildman–Crippen MR) is 164 cm³/mol. The number of nitrogens with zero attached hydrogens (tertiary/aromatic N) is 2. The third-order valence-corrected chi connectivity index (χ3v) is 8.53. The van der Waals surface area contributed by atoms with Crippen LogP contribution in [0.1, 0.15) is 50.6 Å². The van der Waals surface area contributed by atoms with E-state index in [1.54, 1.807) is 62.4 Å². The minimum atomic E-state index is -0.976. The van der Waals surface area contributed by atoms with Gasteiger partial charge in [0, 0.05) is 10.0 Å². The number of hydrogen-bond donors (Lipinski definition) is 1. The summed E-state index contributed by atoms with van der Waals surface area (Å²) in [6.45, 7) is 5.92. The van der Waals surface area contributed by atoms with Crippen LogP contribution in [0, 0.1) is 13.8 Å². The SMILES string of the molecule is CCOC(=O)c1sc(N2C(=O)C(=O)C(=C(O)c3ccc(OCc4ccccc4C)cc3)C2c2ccc(Br)cc2)nc1C. The van der Waals surface area contributed by atoms with Crippen molar-refractivity contribution in [3.8, 4) is 5.75 Å². The predicted octanol–water partition coefficient (Wildman–Crippen LogP) is 6.90. The Bertz CT molecular complexity index is 1690. The van der Waals surface area contributed by atoms with E-state index in [-0.39, 0.29) is 27.9 Å². The third-order valence-electron chi connectivity index (χ3n) is 6.87. The van der Waals surface area contributed by atoms with Gasteiger partial charge in [-0.05, 0) is 73.9 Å². The highest BCUT2D eigenvalue weighted by molar-refractivity contribution is 9.10. The summed E-state index contributed by atoms with van der Waals surface area (Å²) in [5.74, 6) is -2.00. The molecule has 1 unspecified atom stereocenters. The van der Waals surface area contributed by atoms with E-state index in [4.69, 9.17) is 9.47 Å². The average molecular weight is 648 g/mol. The Labute approximate surface area is 255 Å². The van der Waals surface area contributed by atoms with Crippen LogP contribution in [-0.4, -0.2) is 34.4 Å². The Morgan fingerprint density at radius 3 is 2.38 bits per heavy atom. The van der Waals surface area contributed by atoms with Crippen LogP contribution in [0.25, 0.3) is 5.76 Å². The number of aliphatic hydroxyl groups is 1. The van der Waals surface area contributed by atoms with Gasteiger partial charge in [0.15, 0.2) is 5.13 Å². The molecule has 3 aromatic carbocycles. The van der Waals surface area contributed by atoms with Crippen molar-refractivity contribution in [2.24, 2.45) is 0 Å². The Morgan fingerprint density at radius 1 is 1.02 bits per heavy atom. The van der Waals surface area contributed by atoms with Crippen LogP contribution in [0.4, 0.5) is 5.13 Å². The Kier molecular flexibility index (Phi) is 8.56. The molecule has 5 rings (SSSR count). The lowest BCUT2D eigenvalue weighted by Gasteiger charge is -2.23. The maximum atomic E-state index is 13.5. The minimum Gasteiger partial charge on any atom is -0.507 e. The third kappa shape index (κ3) is 5.73. The second-order valence-electron chi connectivity index (χ2n) is 9.59. The number of amides is 1. The van der Waals surface area contributed by atoms with Gasteiger partial charge >= 0.3 is 11.9 Å². The summed E-state index contributed by atoms with van der Waals surface area (Å²) in [7, 11) is 0. The molecule has 0 spiro atoms. The number of aryl methyl sites for hydroxylation is 2. The maximum absolute atomic E-state index is 13.5. The molecule has 214 valence electrons. The van der Waals surface area contributed by atoms with Gasteiger partial charge in [-0.15, -0.1) is 0 Å². The van der Waals surface area contributed by atoms with Crippen LogP contribution in [-0.2, 0) is 20.9 Å². The number of halogens is 1. The number of hydrogen-bond acceptors (Lipinski definition) is 8. The van der Waals surface area contributed by atoms with Crippen LogP contribution in [0.15, 0.2) is 82.8 Å². The van der Waals surface area contributed by atoms with Crippen molar-refractivity contribution in [2.45, 2.75) is 33.4 Å². The number of Topliss-reactive ketones (excluding diaryl/α,β-unsaturated/α-hetero) is 1. The van der Waals surface area contributed by atoms with Crippen molar-refractivity contribution in [1.29, 1.82) is 0 Å². The van der Waals surface area contributed by atoms with Gasteiger partial charge in [-0.1, -0.05) is 63.7 Å². The number of carbonyl (C=O) groups excluding carboxylic acids is 3. The van der Waals surface area contributed by atoms with Gasteiger partial charge in [0.1, 0.15) is 23.0 Å². The van der Waals surface area contributed by atoms with Crippen molar-refractivity contribution in [1.82, 2.24) is 4.98 Å². The van der Waals surface area contributed by atoms with Gasteiger partial charge in [0.25, 0.3) is 5.78 Å². The number of aliphatic hydroxyl groups excluding tert-OH is 1. The quantitative estimate of drug-likeness (QED) is 0.0960. The van der Waals surface area contributed by atoms with Crippen LogP contribution in [0.3, 0.4) is 0 Å². The first-order valence-corrected chi connectivity index (χ1v) is 14.8. The highest BCUT2D eigenvalue weighted by Gasteiger charge is 2.48. The number of thiazole rings is 1. The molecule has 1 aliphatic rings. The van der Waals surface area contributed by atoms with E-state index in [0.717, 1.165) is 26.9 Å². The smallest absolute Gasteiger partial charge is 0.350 e. The molecular formula is C32H27BrN2O6S. The molecule has 10 heteroatoms. The number of rotatable bonds is 8. The fourth-order valence-electron chi connectivity index (χ4n) is 4.66. The first kappa shape index (κ1) is 29.2. The molecule has 2 heterocycles. The number of aromatic nitrogens is 1. The lowest BCUT2D eigenvalue weighted by atomic mass is 9.95. The van der Waals surface area contributed by atoms with Gasteiger partial charge < -0.3 is 14.6 Å². The molecule has 1 atom stereocenters. The lowest BCUT2D eigenvalue weighted by molar-refractivity contribution is -0.132. The molecule has 1 aliphatic heterocycles. The van der Waals surface area contributed by atoms with Crippen LogP contribution in [0.2, 0.25) is 0 Å². The fourth-order valence-corrected chi connectivity index (χ4v) is 5.91. The van der Waals surface area contributed by atoms with Crippen molar-refractivity contribution in [2.75, 3.05) is 11.5 Å². The van der Waals surface area contributed by atoms with Crippen molar-refractivity contribution in [3.05, 3.63) is 116 Å². The topological polar surface area (TPSA) is 106 Å². The summed E-state index contributed by atoms with van der Waals surface area (Å²) >= 11 is 4.38. The van der Waals surface area contributed by atoms with E-state index in [9.17, 15) is 19.5 Å². The number of anilines is 1. The number of ether oxygens (including phenoxy) is 2. The number of ketones is 1. The normalized spacial score (nSPS) is 16.1. The zero-order valence-corrected chi connectivity index (χ0v) is 25.5. The largest absolute Gasteiger partial charge is 0.507 e. The fraction of sp³-hybridized carbons (Fsp3) is 0.188. The summed E-state index contributed by atoms with van der Waals surface area (Å²) in [4.78, 5) is 45.3. The first-order valence-electron chi connectivity index (χ1n) is 13.2. The lowest BCUT2D eigenvalue weighted by Crippen LogP contribution is -2.29. The summed E-state index contributed by atoms with van der Waals surface area (Å²) in [5.41, 5.74) is 3.41. The summed E-state index contributed by atoms with van der Waals surface area (Å²) < 4.78 is 11.9. The Morgan fingerprint density at radius 2 is 1.71 bits per heavy atom. The number of esters is 1. The Balaban J connectivity index is 1.52. The molecular weight excluding hydrogens is 620 g/mol. The van der Waals surface area contributed by atoms with Crippen LogP contribution >= 0.6 is 27.3 Å². The second-order valence-corrected chi connectivity index (χ2v) is 11.5. The molecule has 1 fully saturated rings. The minimum absolute atomic E-state index is 0.0820. The van der Waals surface area contributed by atoms with Gasteiger partial charge in [0.2, 0.25) is 0 Å². The highest BCUT2D eigenvalue weighted by atomic mass is 79.9. The zero-order valence-electron chi connectivity index (χ0n) is 23.1. The molecule has 1 saturated heterocycles. The van der Waals surface area contributed by atoms with E-state index in [2.05, 4.69) is 20.9 Å². The molecule has 0 saturated carbocycles. The van der Waals surface area contributed by atoms with Gasteiger partial charge in [0.05, 0.1) is 23.9 Å². The highest BCUT2D eigenvalue weighted by Crippen LogP contribution is 2.44. The summed E-state index contributed by atoms with van der Waals surface area (Å²) in [5, 5.41) is 11.6. The molecule has 0 aliphatic carbocycles. The number of carbonyl (C=O) groups is 3. The molecule has 8 nitrogen and oxygen atoms in total.